The summed E-state index contributed by atoms with van der Waals surface area (Å²) in [4.78, 5) is 29.6. The Kier molecular flexibility index (Phi) is 6.70. The van der Waals surface area contributed by atoms with E-state index in [1.165, 1.54) is 31.2 Å². The van der Waals surface area contributed by atoms with Crippen molar-refractivity contribution < 1.29 is 14.3 Å². The summed E-state index contributed by atoms with van der Waals surface area (Å²) in [7, 11) is 0. The molecule has 4 rings (SSSR count). The van der Waals surface area contributed by atoms with Gasteiger partial charge < -0.3 is 19.9 Å². The van der Waals surface area contributed by atoms with Crippen molar-refractivity contribution in [1.82, 2.24) is 15.1 Å². The number of piperidine rings is 1. The number of carbonyl (C=O) groups excluding carboxylic acids is 2. The predicted octanol–water partition coefficient (Wildman–Crippen LogP) is 3.20. The van der Waals surface area contributed by atoms with Crippen LogP contribution in [0.15, 0.2) is 30.3 Å². The van der Waals surface area contributed by atoms with Gasteiger partial charge in [0.1, 0.15) is 0 Å². The van der Waals surface area contributed by atoms with Crippen LogP contribution in [-0.2, 0) is 9.53 Å². The van der Waals surface area contributed by atoms with Gasteiger partial charge in [-0.15, -0.1) is 0 Å². The molecule has 2 heterocycles. The number of nitrogens with one attached hydrogen (secondary N) is 1. The van der Waals surface area contributed by atoms with Crippen molar-refractivity contribution in [2.45, 2.75) is 44.6 Å². The molecule has 1 aromatic rings. The number of morpholine rings is 1. The Hall–Kier alpha value is -2.08. The first-order valence-electron chi connectivity index (χ1n) is 11.2. The van der Waals surface area contributed by atoms with E-state index in [0.29, 0.717) is 45.3 Å². The molecule has 3 aliphatic rings. The van der Waals surface area contributed by atoms with E-state index >= 15 is 0 Å². The Balaban J connectivity index is 1.33. The fraction of sp³-hybridized carbons (Fsp3) is 0.652. The number of hydrogen-bond donors (Lipinski definition) is 1. The average molecular weight is 400 g/mol. The number of ether oxygens (including phenoxy) is 1. The minimum absolute atomic E-state index is 0.0167. The van der Waals surface area contributed by atoms with Gasteiger partial charge >= 0.3 is 6.03 Å². The third-order valence-corrected chi connectivity index (χ3v) is 6.76. The lowest BCUT2D eigenvalue weighted by molar-refractivity contribution is -0.141. The van der Waals surface area contributed by atoms with Crippen LogP contribution >= 0.6 is 0 Å². The highest BCUT2D eigenvalue weighted by Gasteiger charge is 2.33. The highest BCUT2D eigenvalue weighted by Crippen LogP contribution is 2.36. The maximum Gasteiger partial charge on any atom is 0.317 e. The Morgan fingerprint density at radius 1 is 0.897 bits per heavy atom. The van der Waals surface area contributed by atoms with Gasteiger partial charge in [0.2, 0.25) is 5.91 Å². The summed E-state index contributed by atoms with van der Waals surface area (Å²) in [6, 6.07) is 10.5. The summed E-state index contributed by atoms with van der Waals surface area (Å²) in [5, 5.41) is 3.33. The highest BCUT2D eigenvalue weighted by atomic mass is 16.5. The quantitative estimate of drug-likeness (QED) is 0.846. The summed E-state index contributed by atoms with van der Waals surface area (Å²) >= 11 is 0. The number of nitrogens with zero attached hydrogens (tertiary/aromatic N) is 2. The third-order valence-electron chi connectivity index (χ3n) is 6.76. The average Bonchev–Trinajstić information content (AvgIpc) is 3.33. The van der Waals surface area contributed by atoms with E-state index in [9.17, 15) is 9.59 Å². The Morgan fingerprint density at radius 2 is 1.55 bits per heavy atom. The van der Waals surface area contributed by atoms with Crippen LogP contribution in [-0.4, -0.2) is 61.1 Å². The van der Waals surface area contributed by atoms with Crippen LogP contribution < -0.4 is 5.32 Å². The molecule has 0 bridgehead atoms. The zero-order valence-corrected chi connectivity index (χ0v) is 17.2. The molecule has 0 aromatic heterocycles. The molecule has 2 aliphatic heterocycles. The standard InChI is InChI=1S/C23H33N3O3/c27-22(25-14-16-29-17-15-25)20-10-12-26(13-11-20)23(28)24-21(19-8-4-5-9-19)18-6-2-1-3-7-18/h1-3,6-7,19-21H,4-5,8-17H2,(H,24,28). The largest absolute Gasteiger partial charge is 0.378 e. The van der Waals surface area contributed by atoms with Crippen LogP contribution in [0.2, 0.25) is 0 Å². The molecule has 0 radical (unpaired) electrons. The van der Waals surface area contributed by atoms with Crippen LogP contribution in [0.5, 0.6) is 0 Å². The topological polar surface area (TPSA) is 61.9 Å². The van der Waals surface area contributed by atoms with Crippen LogP contribution in [0.4, 0.5) is 4.79 Å². The van der Waals surface area contributed by atoms with Crippen molar-refractivity contribution in [3.63, 3.8) is 0 Å². The highest BCUT2D eigenvalue weighted by molar-refractivity contribution is 5.80. The van der Waals surface area contributed by atoms with E-state index in [0.717, 1.165) is 12.8 Å². The summed E-state index contributed by atoms with van der Waals surface area (Å²) in [5.41, 5.74) is 1.20. The van der Waals surface area contributed by atoms with Gasteiger partial charge in [-0.05, 0) is 37.2 Å². The molecule has 29 heavy (non-hydrogen) atoms. The molecule has 1 atom stereocenters. The second kappa shape index (κ2) is 9.61. The van der Waals surface area contributed by atoms with Crippen molar-refractivity contribution in [1.29, 1.82) is 0 Å². The molecule has 1 unspecified atom stereocenters. The Morgan fingerprint density at radius 3 is 2.21 bits per heavy atom. The first kappa shape index (κ1) is 20.2. The van der Waals surface area contributed by atoms with Gasteiger partial charge in [0.25, 0.3) is 0 Å². The summed E-state index contributed by atoms with van der Waals surface area (Å²) in [6.07, 6.45) is 6.36. The Bertz CT molecular complexity index is 676. The molecule has 6 nitrogen and oxygen atoms in total. The monoisotopic (exact) mass is 399 g/mol. The van der Waals surface area contributed by atoms with Crippen LogP contribution in [0.3, 0.4) is 0 Å². The first-order valence-corrected chi connectivity index (χ1v) is 11.2. The summed E-state index contributed by atoms with van der Waals surface area (Å²) in [5.74, 6) is 0.792. The smallest absolute Gasteiger partial charge is 0.317 e. The molecule has 1 aliphatic carbocycles. The van der Waals surface area contributed by atoms with Crippen molar-refractivity contribution in [3.05, 3.63) is 35.9 Å². The molecule has 3 fully saturated rings. The maximum absolute atomic E-state index is 13.0. The molecular formula is C23H33N3O3. The number of rotatable bonds is 4. The number of carbonyl (C=O) groups is 2. The molecule has 0 spiro atoms. The minimum Gasteiger partial charge on any atom is -0.378 e. The molecule has 1 N–H and O–H groups in total. The summed E-state index contributed by atoms with van der Waals surface area (Å²) in [6.45, 7) is 3.96. The van der Waals surface area contributed by atoms with E-state index in [2.05, 4.69) is 17.4 Å². The van der Waals surface area contributed by atoms with Gasteiger partial charge in [0.15, 0.2) is 0 Å². The second-order valence-electron chi connectivity index (χ2n) is 8.58. The SMILES string of the molecule is O=C(NC(c1ccccc1)C1CCCC1)N1CCC(C(=O)N2CCOCC2)CC1. The van der Waals surface area contributed by atoms with E-state index in [1.54, 1.807) is 0 Å². The molecule has 1 saturated carbocycles. The van der Waals surface area contributed by atoms with Crippen LogP contribution in [0, 0.1) is 11.8 Å². The van der Waals surface area contributed by atoms with Gasteiger partial charge in [-0.3, -0.25) is 4.79 Å². The van der Waals surface area contributed by atoms with Crippen LogP contribution in [0.1, 0.15) is 50.1 Å². The lowest BCUT2D eigenvalue weighted by Crippen LogP contribution is -2.50. The number of amides is 3. The number of urea groups is 1. The second-order valence-corrected chi connectivity index (χ2v) is 8.58. The van der Waals surface area contributed by atoms with E-state index in [-0.39, 0.29) is 23.9 Å². The zero-order valence-electron chi connectivity index (χ0n) is 17.2. The van der Waals surface area contributed by atoms with E-state index in [1.807, 2.05) is 28.0 Å². The first-order chi connectivity index (χ1) is 14.2. The number of likely N-dealkylation sites (tertiary alicyclic amines) is 1. The third kappa shape index (κ3) is 4.92. The van der Waals surface area contributed by atoms with Crippen molar-refractivity contribution >= 4 is 11.9 Å². The van der Waals surface area contributed by atoms with Gasteiger partial charge in [0.05, 0.1) is 19.3 Å². The van der Waals surface area contributed by atoms with Gasteiger partial charge in [0, 0.05) is 32.1 Å². The number of hydrogen-bond acceptors (Lipinski definition) is 3. The fourth-order valence-corrected chi connectivity index (χ4v) is 5.02. The Labute approximate surface area is 173 Å². The van der Waals surface area contributed by atoms with Gasteiger partial charge in [-0.25, -0.2) is 4.79 Å². The minimum atomic E-state index is 0.0167. The molecule has 2 saturated heterocycles. The lowest BCUT2D eigenvalue weighted by atomic mass is 9.91. The molecule has 3 amide bonds. The maximum atomic E-state index is 13.0. The zero-order chi connectivity index (χ0) is 20.1. The van der Waals surface area contributed by atoms with E-state index < -0.39 is 0 Å². The molecule has 6 heteroatoms. The van der Waals surface area contributed by atoms with Gasteiger partial charge in [-0.2, -0.15) is 0 Å². The molecule has 1 aromatic carbocycles. The van der Waals surface area contributed by atoms with E-state index in [4.69, 9.17) is 4.74 Å². The number of benzene rings is 1. The van der Waals surface area contributed by atoms with Gasteiger partial charge in [-0.1, -0.05) is 43.2 Å². The van der Waals surface area contributed by atoms with Crippen molar-refractivity contribution in [2.24, 2.45) is 11.8 Å². The van der Waals surface area contributed by atoms with Crippen LogP contribution in [0.25, 0.3) is 0 Å². The fourth-order valence-electron chi connectivity index (χ4n) is 5.02. The van der Waals surface area contributed by atoms with Crippen molar-refractivity contribution in [2.75, 3.05) is 39.4 Å². The predicted molar refractivity (Wildman–Crippen MR) is 111 cm³/mol. The molecular weight excluding hydrogens is 366 g/mol. The lowest BCUT2D eigenvalue weighted by Gasteiger charge is -2.36. The normalized spacial score (nSPS) is 22.5. The van der Waals surface area contributed by atoms with Crippen molar-refractivity contribution in [3.8, 4) is 0 Å². The molecule has 158 valence electrons. The summed E-state index contributed by atoms with van der Waals surface area (Å²) < 4.78 is 5.35.